The molecule has 6 nitrogen and oxygen atoms in total. The van der Waals surface area contributed by atoms with Gasteiger partial charge in [-0.2, -0.15) is 0 Å². The van der Waals surface area contributed by atoms with Crippen LogP contribution in [0.2, 0.25) is 0 Å². The van der Waals surface area contributed by atoms with Crippen LogP contribution in [0.3, 0.4) is 0 Å². The van der Waals surface area contributed by atoms with Gasteiger partial charge in [-0.1, -0.05) is 6.42 Å². The molecule has 110 valence electrons. The molecule has 2 amide bonds. The summed E-state index contributed by atoms with van der Waals surface area (Å²) >= 11 is 0. The Hall–Kier alpha value is -1.30. The number of carboxylic acids is 1. The molecular weight excluding hydrogens is 246 g/mol. The number of carboxylic acid groups (broad SMARTS) is 1. The average Bonchev–Trinajstić information content (AvgIpc) is 2.36. The van der Waals surface area contributed by atoms with Gasteiger partial charge in [-0.15, -0.1) is 0 Å². The number of carbonyl (C=O) groups is 2. The molecule has 1 rings (SSSR count). The Bertz CT molecular complexity index is 310. The van der Waals surface area contributed by atoms with Gasteiger partial charge in [-0.05, 0) is 32.9 Å². The van der Waals surface area contributed by atoms with Gasteiger partial charge in [0.25, 0.3) is 0 Å². The van der Waals surface area contributed by atoms with Crippen LogP contribution in [0.5, 0.6) is 0 Å². The summed E-state index contributed by atoms with van der Waals surface area (Å²) in [6, 6.07) is 0.300. The minimum atomic E-state index is -0.822. The summed E-state index contributed by atoms with van der Waals surface area (Å²) in [5, 5.41) is 11.5. The highest BCUT2D eigenvalue weighted by molar-refractivity contribution is 5.74. The molecule has 1 aliphatic heterocycles. The molecule has 1 heterocycles. The third-order valence-electron chi connectivity index (χ3n) is 3.64. The van der Waals surface area contributed by atoms with Gasteiger partial charge >= 0.3 is 12.0 Å². The number of likely N-dealkylation sites (N-methyl/N-ethyl adjacent to an activating group) is 1. The van der Waals surface area contributed by atoms with Gasteiger partial charge < -0.3 is 20.2 Å². The number of amides is 2. The summed E-state index contributed by atoms with van der Waals surface area (Å²) in [7, 11) is 3.79. The average molecular weight is 271 g/mol. The van der Waals surface area contributed by atoms with Crippen LogP contribution in [0.1, 0.15) is 32.1 Å². The Morgan fingerprint density at radius 2 is 2.16 bits per heavy atom. The van der Waals surface area contributed by atoms with Gasteiger partial charge in [-0.3, -0.25) is 4.79 Å². The number of rotatable bonds is 6. The predicted molar refractivity (Wildman–Crippen MR) is 73.2 cm³/mol. The highest BCUT2D eigenvalue weighted by Gasteiger charge is 2.19. The lowest BCUT2D eigenvalue weighted by molar-refractivity contribution is -0.137. The Balaban J connectivity index is 2.20. The lowest BCUT2D eigenvalue weighted by atomic mass is 10.0. The van der Waals surface area contributed by atoms with Gasteiger partial charge in [-0.25, -0.2) is 4.79 Å². The second-order valence-electron chi connectivity index (χ2n) is 5.24. The maximum atomic E-state index is 11.8. The smallest absolute Gasteiger partial charge is 0.317 e. The van der Waals surface area contributed by atoms with E-state index in [1.165, 1.54) is 12.8 Å². The van der Waals surface area contributed by atoms with E-state index in [9.17, 15) is 9.59 Å². The predicted octanol–water partition coefficient (Wildman–Crippen LogP) is 0.977. The molecular formula is C13H25N3O3. The number of piperidine rings is 1. The van der Waals surface area contributed by atoms with Gasteiger partial charge in [0.05, 0.1) is 0 Å². The summed E-state index contributed by atoms with van der Waals surface area (Å²) in [5.41, 5.74) is 0. The zero-order valence-electron chi connectivity index (χ0n) is 11.9. The van der Waals surface area contributed by atoms with Crippen molar-refractivity contribution in [3.05, 3.63) is 0 Å². The van der Waals surface area contributed by atoms with Crippen molar-refractivity contribution in [2.45, 2.75) is 38.1 Å². The second kappa shape index (κ2) is 7.99. The van der Waals surface area contributed by atoms with Gasteiger partial charge in [0, 0.05) is 32.6 Å². The van der Waals surface area contributed by atoms with Crippen LogP contribution in [-0.4, -0.2) is 66.7 Å². The molecule has 0 aliphatic carbocycles. The van der Waals surface area contributed by atoms with Crippen molar-refractivity contribution in [3.63, 3.8) is 0 Å². The first-order valence-corrected chi connectivity index (χ1v) is 6.91. The summed E-state index contributed by atoms with van der Waals surface area (Å²) < 4.78 is 0. The molecule has 0 saturated carbocycles. The number of nitrogens with one attached hydrogen (secondary N) is 1. The van der Waals surface area contributed by atoms with E-state index in [0.29, 0.717) is 25.6 Å². The number of likely N-dealkylation sites (tertiary alicyclic amines) is 1. The van der Waals surface area contributed by atoms with Gasteiger partial charge in [0.1, 0.15) is 0 Å². The van der Waals surface area contributed by atoms with Crippen LogP contribution >= 0.6 is 0 Å². The molecule has 0 spiro atoms. The fraction of sp³-hybridized carbons (Fsp3) is 0.846. The molecule has 2 N–H and O–H groups in total. The normalized spacial score (nSPS) is 20.0. The molecule has 6 heteroatoms. The minimum absolute atomic E-state index is 0.100. The Labute approximate surface area is 114 Å². The molecule has 1 aliphatic rings. The lowest BCUT2D eigenvalue weighted by Gasteiger charge is -2.33. The van der Waals surface area contributed by atoms with Crippen molar-refractivity contribution in [2.24, 2.45) is 0 Å². The van der Waals surface area contributed by atoms with E-state index < -0.39 is 5.97 Å². The SMILES string of the molecule is CN(CCCC(=O)O)C(=O)NCC1CCCCN1C. The topological polar surface area (TPSA) is 72.9 Å². The summed E-state index contributed by atoms with van der Waals surface area (Å²) in [5.74, 6) is -0.822. The quantitative estimate of drug-likeness (QED) is 0.755. The number of urea groups is 1. The first-order chi connectivity index (χ1) is 9.00. The van der Waals surface area contributed by atoms with Crippen LogP contribution in [0.4, 0.5) is 4.79 Å². The Kier molecular flexibility index (Phi) is 6.62. The highest BCUT2D eigenvalue weighted by Crippen LogP contribution is 2.13. The van der Waals surface area contributed by atoms with E-state index in [2.05, 4.69) is 17.3 Å². The third-order valence-corrected chi connectivity index (χ3v) is 3.64. The number of carbonyl (C=O) groups excluding carboxylic acids is 1. The van der Waals surface area contributed by atoms with E-state index >= 15 is 0 Å². The molecule has 0 aromatic rings. The van der Waals surface area contributed by atoms with Crippen LogP contribution in [-0.2, 0) is 4.79 Å². The maximum Gasteiger partial charge on any atom is 0.317 e. The highest BCUT2D eigenvalue weighted by atomic mass is 16.4. The molecule has 19 heavy (non-hydrogen) atoms. The largest absolute Gasteiger partial charge is 0.481 e. The fourth-order valence-corrected chi connectivity index (χ4v) is 2.31. The molecule has 1 atom stereocenters. The lowest BCUT2D eigenvalue weighted by Crippen LogP contribution is -2.47. The molecule has 0 aromatic heterocycles. The van der Waals surface area contributed by atoms with Crippen LogP contribution in [0.25, 0.3) is 0 Å². The molecule has 1 saturated heterocycles. The number of aliphatic carboxylic acids is 1. The molecule has 0 bridgehead atoms. The van der Waals surface area contributed by atoms with Gasteiger partial charge in [0.2, 0.25) is 0 Å². The van der Waals surface area contributed by atoms with Crippen LogP contribution < -0.4 is 5.32 Å². The third kappa shape index (κ3) is 5.92. The molecule has 1 unspecified atom stereocenters. The van der Waals surface area contributed by atoms with E-state index in [4.69, 9.17) is 5.11 Å². The maximum absolute atomic E-state index is 11.8. The summed E-state index contributed by atoms with van der Waals surface area (Å²) in [4.78, 5) is 26.0. The van der Waals surface area contributed by atoms with E-state index in [1.807, 2.05) is 0 Å². The minimum Gasteiger partial charge on any atom is -0.481 e. The second-order valence-corrected chi connectivity index (χ2v) is 5.24. The van der Waals surface area contributed by atoms with Crippen molar-refractivity contribution in [2.75, 3.05) is 33.7 Å². The number of hydrogen-bond acceptors (Lipinski definition) is 3. The number of nitrogens with zero attached hydrogens (tertiary/aromatic N) is 2. The number of hydrogen-bond donors (Lipinski definition) is 2. The zero-order chi connectivity index (χ0) is 14.3. The monoisotopic (exact) mass is 271 g/mol. The summed E-state index contributed by atoms with van der Waals surface area (Å²) in [6.45, 7) is 2.23. The van der Waals surface area contributed by atoms with Crippen molar-refractivity contribution in [3.8, 4) is 0 Å². The molecule has 0 aromatic carbocycles. The Morgan fingerprint density at radius 3 is 2.79 bits per heavy atom. The fourth-order valence-electron chi connectivity index (χ4n) is 2.31. The Morgan fingerprint density at radius 1 is 1.42 bits per heavy atom. The first-order valence-electron chi connectivity index (χ1n) is 6.91. The van der Waals surface area contributed by atoms with Crippen molar-refractivity contribution < 1.29 is 14.7 Å². The standard InChI is InChI=1S/C13H25N3O3/c1-15-8-4-3-6-11(15)10-14-13(19)16(2)9-5-7-12(17)18/h11H,3-10H2,1-2H3,(H,14,19)(H,17,18). The summed E-state index contributed by atoms with van der Waals surface area (Å²) in [6.07, 6.45) is 4.17. The van der Waals surface area contributed by atoms with E-state index in [0.717, 1.165) is 13.0 Å². The van der Waals surface area contributed by atoms with Crippen molar-refractivity contribution in [1.29, 1.82) is 0 Å². The first kappa shape index (κ1) is 15.8. The zero-order valence-corrected chi connectivity index (χ0v) is 11.9. The van der Waals surface area contributed by atoms with E-state index in [-0.39, 0.29) is 12.5 Å². The van der Waals surface area contributed by atoms with Crippen molar-refractivity contribution in [1.82, 2.24) is 15.1 Å². The van der Waals surface area contributed by atoms with Gasteiger partial charge in [0.15, 0.2) is 0 Å². The molecule has 0 radical (unpaired) electrons. The van der Waals surface area contributed by atoms with Crippen LogP contribution in [0.15, 0.2) is 0 Å². The van der Waals surface area contributed by atoms with Crippen molar-refractivity contribution >= 4 is 12.0 Å². The van der Waals surface area contributed by atoms with E-state index in [1.54, 1.807) is 11.9 Å². The molecule has 1 fully saturated rings. The van der Waals surface area contributed by atoms with Crippen LogP contribution in [0, 0.1) is 0 Å².